The lowest BCUT2D eigenvalue weighted by Crippen LogP contribution is -2.35. The number of benzene rings is 1. The van der Waals surface area contributed by atoms with Crippen molar-refractivity contribution in [3.05, 3.63) is 48.3 Å². The van der Waals surface area contributed by atoms with E-state index in [0.717, 1.165) is 30.6 Å². The molecule has 0 aliphatic heterocycles. The summed E-state index contributed by atoms with van der Waals surface area (Å²) in [6, 6.07) is 9.72. The molecule has 5 nitrogen and oxygen atoms in total. The summed E-state index contributed by atoms with van der Waals surface area (Å²) in [6.07, 6.45) is 5.73. The zero-order chi connectivity index (χ0) is 14.2. The van der Waals surface area contributed by atoms with E-state index in [1.165, 1.54) is 0 Å². The fourth-order valence-corrected chi connectivity index (χ4v) is 1.81. The fraction of sp³-hybridized carbons (Fsp3) is 0.333. The Kier molecular flexibility index (Phi) is 5.17. The number of hydrogen-bond donors (Lipinski definition) is 2. The van der Waals surface area contributed by atoms with Gasteiger partial charge in [-0.1, -0.05) is 25.5 Å². The summed E-state index contributed by atoms with van der Waals surface area (Å²) in [4.78, 5) is 11.5. The third-order valence-electron chi connectivity index (χ3n) is 2.97. The second kappa shape index (κ2) is 7.33. The minimum Gasteiger partial charge on any atom is -0.338 e. The van der Waals surface area contributed by atoms with E-state index >= 15 is 0 Å². The highest BCUT2D eigenvalue weighted by atomic mass is 16.2. The summed E-state index contributed by atoms with van der Waals surface area (Å²) in [5, 5.41) is 9.83. The zero-order valence-electron chi connectivity index (χ0n) is 11.7. The van der Waals surface area contributed by atoms with Crippen LogP contribution in [0.5, 0.6) is 0 Å². The van der Waals surface area contributed by atoms with Crippen molar-refractivity contribution < 1.29 is 4.79 Å². The summed E-state index contributed by atoms with van der Waals surface area (Å²) in [5.41, 5.74) is 2.07. The molecule has 0 saturated carbocycles. The van der Waals surface area contributed by atoms with Crippen molar-refractivity contribution in [3.63, 3.8) is 0 Å². The standard InChI is InChI=1S/C15H20N4O/c1-2-3-9-16-15(20)17-12-13-5-7-14(8-6-13)19-11-4-10-18-19/h4-8,10-11H,2-3,9,12H2,1H3,(H2,16,17,20). The van der Waals surface area contributed by atoms with Crippen LogP contribution in [0.2, 0.25) is 0 Å². The third kappa shape index (κ3) is 4.12. The van der Waals surface area contributed by atoms with E-state index < -0.39 is 0 Å². The Labute approximate surface area is 119 Å². The van der Waals surface area contributed by atoms with E-state index in [2.05, 4.69) is 22.7 Å². The van der Waals surface area contributed by atoms with Crippen molar-refractivity contribution in [2.45, 2.75) is 26.3 Å². The number of rotatable bonds is 6. The Hall–Kier alpha value is -2.30. The largest absolute Gasteiger partial charge is 0.338 e. The van der Waals surface area contributed by atoms with Gasteiger partial charge in [0.15, 0.2) is 0 Å². The first-order valence-corrected chi connectivity index (χ1v) is 6.90. The van der Waals surface area contributed by atoms with E-state index in [4.69, 9.17) is 0 Å². The average molecular weight is 272 g/mol. The molecule has 0 bridgehead atoms. The van der Waals surface area contributed by atoms with Gasteiger partial charge in [-0.15, -0.1) is 0 Å². The maximum absolute atomic E-state index is 11.5. The molecule has 0 radical (unpaired) electrons. The summed E-state index contributed by atoms with van der Waals surface area (Å²) < 4.78 is 1.80. The SMILES string of the molecule is CCCCNC(=O)NCc1ccc(-n2cccn2)cc1. The van der Waals surface area contributed by atoms with Gasteiger partial charge in [0.2, 0.25) is 0 Å². The van der Waals surface area contributed by atoms with Gasteiger partial charge in [0.1, 0.15) is 0 Å². The molecule has 2 N–H and O–H groups in total. The number of hydrogen-bond acceptors (Lipinski definition) is 2. The van der Waals surface area contributed by atoms with E-state index in [-0.39, 0.29) is 6.03 Å². The zero-order valence-corrected chi connectivity index (χ0v) is 11.7. The summed E-state index contributed by atoms with van der Waals surface area (Å²) in [6.45, 7) is 3.35. The highest BCUT2D eigenvalue weighted by Gasteiger charge is 2.00. The number of aromatic nitrogens is 2. The topological polar surface area (TPSA) is 59.0 Å². The van der Waals surface area contributed by atoms with Crippen molar-refractivity contribution >= 4 is 6.03 Å². The van der Waals surface area contributed by atoms with Gasteiger partial charge in [-0.2, -0.15) is 5.10 Å². The quantitative estimate of drug-likeness (QED) is 0.794. The average Bonchev–Trinajstić information content (AvgIpc) is 3.00. The molecule has 0 aliphatic rings. The lowest BCUT2D eigenvalue weighted by atomic mass is 10.2. The van der Waals surface area contributed by atoms with Crippen LogP contribution in [0.1, 0.15) is 25.3 Å². The van der Waals surface area contributed by atoms with Crippen LogP contribution >= 0.6 is 0 Å². The van der Waals surface area contributed by atoms with Gasteiger partial charge in [-0.3, -0.25) is 0 Å². The molecule has 1 aromatic heterocycles. The van der Waals surface area contributed by atoms with Crippen molar-refractivity contribution in [2.24, 2.45) is 0 Å². The Morgan fingerprint density at radius 2 is 2.05 bits per heavy atom. The number of carbonyl (C=O) groups is 1. The fourth-order valence-electron chi connectivity index (χ4n) is 1.81. The first kappa shape index (κ1) is 14.1. The lowest BCUT2D eigenvalue weighted by molar-refractivity contribution is 0.240. The number of urea groups is 1. The molecule has 0 aliphatic carbocycles. The summed E-state index contributed by atoms with van der Waals surface area (Å²) in [5.74, 6) is 0. The molecule has 2 aromatic rings. The molecule has 20 heavy (non-hydrogen) atoms. The minimum atomic E-state index is -0.116. The predicted molar refractivity (Wildman–Crippen MR) is 78.7 cm³/mol. The number of nitrogens with one attached hydrogen (secondary N) is 2. The molecule has 1 aromatic carbocycles. The maximum atomic E-state index is 11.5. The molecule has 0 atom stereocenters. The van der Waals surface area contributed by atoms with E-state index in [1.54, 1.807) is 10.9 Å². The van der Waals surface area contributed by atoms with E-state index in [9.17, 15) is 4.79 Å². The second-order valence-electron chi connectivity index (χ2n) is 4.58. The summed E-state index contributed by atoms with van der Waals surface area (Å²) >= 11 is 0. The molecular formula is C15H20N4O. The molecule has 0 unspecified atom stereocenters. The Morgan fingerprint density at radius 3 is 2.70 bits per heavy atom. The molecule has 0 fully saturated rings. The third-order valence-corrected chi connectivity index (χ3v) is 2.97. The normalized spacial score (nSPS) is 10.2. The van der Waals surface area contributed by atoms with Gasteiger partial charge in [0.25, 0.3) is 0 Å². The van der Waals surface area contributed by atoms with E-state index in [0.29, 0.717) is 6.54 Å². The van der Waals surface area contributed by atoms with Gasteiger partial charge in [-0.05, 0) is 30.2 Å². The number of unbranched alkanes of at least 4 members (excludes halogenated alkanes) is 1. The van der Waals surface area contributed by atoms with Gasteiger partial charge in [0, 0.05) is 25.5 Å². The number of nitrogens with zero attached hydrogens (tertiary/aromatic N) is 2. The van der Waals surface area contributed by atoms with Crippen molar-refractivity contribution in [1.29, 1.82) is 0 Å². The number of amides is 2. The van der Waals surface area contributed by atoms with Crippen molar-refractivity contribution in [1.82, 2.24) is 20.4 Å². The van der Waals surface area contributed by atoms with Gasteiger partial charge in [0.05, 0.1) is 5.69 Å². The summed E-state index contributed by atoms with van der Waals surface area (Å²) in [7, 11) is 0. The van der Waals surface area contributed by atoms with Crippen LogP contribution < -0.4 is 10.6 Å². The molecule has 1 heterocycles. The highest BCUT2D eigenvalue weighted by Crippen LogP contribution is 2.08. The molecule has 0 spiro atoms. The van der Waals surface area contributed by atoms with Crippen LogP contribution in [-0.4, -0.2) is 22.4 Å². The first-order chi connectivity index (χ1) is 9.79. The monoisotopic (exact) mass is 272 g/mol. The van der Waals surface area contributed by atoms with Gasteiger partial charge < -0.3 is 10.6 Å². The Bertz CT molecular complexity index is 519. The van der Waals surface area contributed by atoms with Crippen LogP contribution in [0, 0.1) is 0 Å². The van der Waals surface area contributed by atoms with Crippen LogP contribution in [0.4, 0.5) is 4.79 Å². The van der Waals surface area contributed by atoms with Gasteiger partial charge >= 0.3 is 6.03 Å². The van der Waals surface area contributed by atoms with Crippen molar-refractivity contribution in [2.75, 3.05) is 6.54 Å². The molecule has 5 heteroatoms. The second-order valence-corrected chi connectivity index (χ2v) is 4.58. The molecular weight excluding hydrogens is 252 g/mol. The smallest absolute Gasteiger partial charge is 0.315 e. The maximum Gasteiger partial charge on any atom is 0.315 e. The Morgan fingerprint density at radius 1 is 1.25 bits per heavy atom. The first-order valence-electron chi connectivity index (χ1n) is 6.90. The van der Waals surface area contributed by atoms with Crippen LogP contribution in [0.3, 0.4) is 0 Å². The van der Waals surface area contributed by atoms with Crippen molar-refractivity contribution in [3.8, 4) is 5.69 Å². The highest BCUT2D eigenvalue weighted by molar-refractivity contribution is 5.73. The molecule has 2 rings (SSSR count). The molecule has 0 saturated heterocycles. The lowest BCUT2D eigenvalue weighted by Gasteiger charge is -2.08. The van der Waals surface area contributed by atoms with Crippen LogP contribution in [-0.2, 0) is 6.54 Å². The van der Waals surface area contributed by atoms with E-state index in [1.807, 2.05) is 36.5 Å². The Balaban J connectivity index is 1.81. The van der Waals surface area contributed by atoms with Gasteiger partial charge in [-0.25, -0.2) is 9.48 Å². The minimum absolute atomic E-state index is 0.116. The molecule has 2 amide bonds. The predicted octanol–water partition coefficient (Wildman–Crippen LogP) is 2.47. The van der Waals surface area contributed by atoms with Crippen LogP contribution in [0.25, 0.3) is 5.69 Å². The van der Waals surface area contributed by atoms with Crippen LogP contribution in [0.15, 0.2) is 42.7 Å². The number of carbonyl (C=O) groups excluding carboxylic acids is 1. The molecule has 106 valence electrons.